The summed E-state index contributed by atoms with van der Waals surface area (Å²) in [4.78, 5) is 4.26. The van der Waals surface area contributed by atoms with E-state index >= 15 is 0 Å². The minimum Gasteiger partial charge on any atom is -0.496 e. The first-order valence-electron chi connectivity index (χ1n) is 8.13. The lowest BCUT2D eigenvalue weighted by atomic mass is 10.0. The number of hydrogen-bond acceptors (Lipinski definition) is 4. The van der Waals surface area contributed by atoms with Gasteiger partial charge in [-0.05, 0) is 47.7 Å². The van der Waals surface area contributed by atoms with E-state index in [1.54, 1.807) is 7.11 Å². The SMILES string of the molecule is COc1ccc(C(N)=NCCN)cc1CCc1ccc(CN)cc1. The lowest BCUT2D eigenvalue weighted by molar-refractivity contribution is 0.409. The molecule has 0 heterocycles. The molecule has 0 aliphatic rings. The van der Waals surface area contributed by atoms with Gasteiger partial charge in [0.15, 0.2) is 0 Å². The van der Waals surface area contributed by atoms with Gasteiger partial charge in [-0.25, -0.2) is 0 Å². The van der Waals surface area contributed by atoms with E-state index in [1.165, 1.54) is 5.56 Å². The first kappa shape index (κ1) is 18.0. The van der Waals surface area contributed by atoms with Crippen molar-refractivity contribution in [3.63, 3.8) is 0 Å². The van der Waals surface area contributed by atoms with Crippen molar-refractivity contribution in [1.29, 1.82) is 0 Å². The van der Waals surface area contributed by atoms with Gasteiger partial charge in [-0.3, -0.25) is 4.99 Å². The van der Waals surface area contributed by atoms with Gasteiger partial charge in [-0.15, -0.1) is 0 Å². The molecule has 0 radical (unpaired) electrons. The number of aryl methyl sites for hydroxylation is 2. The Morgan fingerprint density at radius 2 is 1.71 bits per heavy atom. The molecule has 5 heteroatoms. The monoisotopic (exact) mass is 326 g/mol. The van der Waals surface area contributed by atoms with E-state index in [1.807, 2.05) is 18.2 Å². The van der Waals surface area contributed by atoms with Crippen LogP contribution in [-0.4, -0.2) is 26.0 Å². The van der Waals surface area contributed by atoms with E-state index in [4.69, 9.17) is 21.9 Å². The smallest absolute Gasteiger partial charge is 0.125 e. The predicted molar refractivity (Wildman–Crippen MR) is 99.4 cm³/mol. The van der Waals surface area contributed by atoms with Gasteiger partial charge >= 0.3 is 0 Å². The van der Waals surface area contributed by atoms with Crippen molar-refractivity contribution in [2.75, 3.05) is 20.2 Å². The normalized spacial score (nSPS) is 11.5. The summed E-state index contributed by atoms with van der Waals surface area (Å²) in [6.07, 6.45) is 1.79. The Morgan fingerprint density at radius 1 is 1.00 bits per heavy atom. The number of ether oxygens (including phenoxy) is 1. The van der Waals surface area contributed by atoms with Crippen molar-refractivity contribution < 1.29 is 4.74 Å². The summed E-state index contributed by atoms with van der Waals surface area (Å²) in [5.41, 5.74) is 21.6. The van der Waals surface area contributed by atoms with Crippen LogP contribution in [0.15, 0.2) is 47.5 Å². The van der Waals surface area contributed by atoms with Crippen LogP contribution in [0.25, 0.3) is 0 Å². The molecule has 0 aromatic heterocycles. The molecule has 0 aliphatic carbocycles. The second-order valence-electron chi connectivity index (χ2n) is 5.60. The van der Waals surface area contributed by atoms with Crippen molar-refractivity contribution in [3.8, 4) is 5.75 Å². The summed E-state index contributed by atoms with van der Waals surface area (Å²) in [7, 11) is 1.68. The highest BCUT2D eigenvalue weighted by Crippen LogP contribution is 2.22. The number of hydrogen-bond donors (Lipinski definition) is 3. The molecule has 0 saturated heterocycles. The average molecular weight is 326 g/mol. The Morgan fingerprint density at radius 3 is 2.33 bits per heavy atom. The average Bonchev–Trinajstić information content (AvgIpc) is 2.64. The van der Waals surface area contributed by atoms with Gasteiger partial charge in [0.2, 0.25) is 0 Å². The Balaban J connectivity index is 2.14. The quantitative estimate of drug-likeness (QED) is 0.507. The zero-order valence-corrected chi connectivity index (χ0v) is 14.2. The number of aliphatic imine (C=N–C) groups is 1. The lowest BCUT2D eigenvalue weighted by Crippen LogP contribution is -2.16. The molecule has 0 spiro atoms. The van der Waals surface area contributed by atoms with Crippen molar-refractivity contribution in [1.82, 2.24) is 0 Å². The van der Waals surface area contributed by atoms with Crippen molar-refractivity contribution in [2.45, 2.75) is 19.4 Å². The molecule has 0 amide bonds. The molecule has 0 saturated carbocycles. The van der Waals surface area contributed by atoms with Gasteiger partial charge in [0.25, 0.3) is 0 Å². The van der Waals surface area contributed by atoms with Crippen LogP contribution >= 0.6 is 0 Å². The molecule has 0 atom stereocenters. The van der Waals surface area contributed by atoms with Crippen LogP contribution in [0.5, 0.6) is 5.75 Å². The topological polar surface area (TPSA) is 99.6 Å². The van der Waals surface area contributed by atoms with Gasteiger partial charge in [-0.1, -0.05) is 24.3 Å². The zero-order chi connectivity index (χ0) is 17.4. The molecule has 0 unspecified atom stereocenters. The third-order valence-electron chi connectivity index (χ3n) is 3.93. The van der Waals surface area contributed by atoms with E-state index in [9.17, 15) is 0 Å². The van der Waals surface area contributed by atoms with E-state index < -0.39 is 0 Å². The minimum atomic E-state index is 0.489. The standard InChI is InChI=1S/C19H26N4O/c1-24-18-9-8-17(19(22)23-11-10-20)12-16(18)7-6-14-2-4-15(13-21)5-3-14/h2-5,8-9,12H,6-7,10-11,13,20-21H2,1H3,(H2,22,23). The molecule has 6 N–H and O–H groups in total. The number of methoxy groups -OCH3 is 1. The summed E-state index contributed by atoms with van der Waals surface area (Å²) in [5, 5.41) is 0. The molecule has 2 aromatic carbocycles. The minimum absolute atomic E-state index is 0.489. The number of benzene rings is 2. The highest BCUT2D eigenvalue weighted by Gasteiger charge is 2.07. The van der Waals surface area contributed by atoms with E-state index in [0.29, 0.717) is 25.5 Å². The van der Waals surface area contributed by atoms with Gasteiger partial charge < -0.3 is 21.9 Å². The Labute approximate surface area is 143 Å². The maximum Gasteiger partial charge on any atom is 0.125 e. The van der Waals surface area contributed by atoms with Crippen LogP contribution < -0.4 is 21.9 Å². The van der Waals surface area contributed by atoms with Gasteiger partial charge in [0, 0.05) is 18.7 Å². The van der Waals surface area contributed by atoms with Crippen LogP contribution in [0.4, 0.5) is 0 Å². The summed E-state index contributed by atoms with van der Waals surface area (Å²) >= 11 is 0. The fourth-order valence-electron chi connectivity index (χ4n) is 2.53. The van der Waals surface area contributed by atoms with Crippen LogP contribution in [0, 0.1) is 0 Å². The largest absolute Gasteiger partial charge is 0.496 e. The van der Waals surface area contributed by atoms with E-state index in [-0.39, 0.29) is 0 Å². The second-order valence-corrected chi connectivity index (χ2v) is 5.60. The second kappa shape index (κ2) is 9.05. The first-order chi connectivity index (χ1) is 11.7. The summed E-state index contributed by atoms with van der Waals surface area (Å²) in [6.45, 7) is 1.58. The van der Waals surface area contributed by atoms with Crippen molar-refractivity contribution >= 4 is 5.84 Å². The molecule has 5 nitrogen and oxygen atoms in total. The molecule has 0 aliphatic heterocycles. The highest BCUT2D eigenvalue weighted by atomic mass is 16.5. The fourth-order valence-corrected chi connectivity index (χ4v) is 2.53. The number of amidine groups is 1. The third-order valence-corrected chi connectivity index (χ3v) is 3.93. The van der Waals surface area contributed by atoms with Crippen LogP contribution in [0.3, 0.4) is 0 Å². The van der Waals surface area contributed by atoms with E-state index in [0.717, 1.165) is 35.3 Å². The molecular formula is C19H26N4O. The van der Waals surface area contributed by atoms with E-state index in [2.05, 4.69) is 29.3 Å². The molecule has 0 bridgehead atoms. The molecule has 24 heavy (non-hydrogen) atoms. The van der Waals surface area contributed by atoms with Gasteiger partial charge in [-0.2, -0.15) is 0 Å². The Bertz CT molecular complexity index is 680. The maximum atomic E-state index is 6.02. The van der Waals surface area contributed by atoms with Gasteiger partial charge in [0.1, 0.15) is 11.6 Å². The predicted octanol–water partition coefficient (Wildman–Crippen LogP) is 1.60. The fraction of sp³-hybridized carbons (Fsp3) is 0.316. The molecule has 128 valence electrons. The zero-order valence-electron chi connectivity index (χ0n) is 14.2. The van der Waals surface area contributed by atoms with Crippen LogP contribution in [0.2, 0.25) is 0 Å². The Hall–Kier alpha value is -2.37. The number of nitrogens with zero attached hydrogens (tertiary/aromatic N) is 1. The van der Waals surface area contributed by atoms with Crippen LogP contribution in [-0.2, 0) is 19.4 Å². The summed E-state index contributed by atoms with van der Waals surface area (Å²) < 4.78 is 5.47. The molecular weight excluding hydrogens is 300 g/mol. The maximum absolute atomic E-state index is 6.02. The summed E-state index contributed by atoms with van der Waals surface area (Å²) in [6, 6.07) is 14.3. The van der Waals surface area contributed by atoms with Crippen molar-refractivity contribution in [3.05, 3.63) is 64.7 Å². The number of rotatable bonds is 8. The van der Waals surface area contributed by atoms with Crippen LogP contribution in [0.1, 0.15) is 22.3 Å². The highest BCUT2D eigenvalue weighted by molar-refractivity contribution is 5.97. The third kappa shape index (κ3) is 4.81. The molecule has 2 rings (SSSR count). The van der Waals surface area contributed by atoms with Crippen molar-refractivity contribution in [2.24, 2.45) is 22.2 Å². The first-order valence-corrected chi connectivity index (χ1v) is 8.13. The summed E-state index contributed by atoms with van der Waals surface area (Å²) in [5.74, 6) is 1.38. The molecule has 2 aromatic rings. The Kier molecular flexibility index (Phi) is 6.78. The molecule has 0 fully saturated rings. The lowest BCUT2D eigenvalue weighted by Gasteiger charge is -2.11. The van der Waals surface area contributed by atoms with Gasteiger partial charge in [0.05, 0.1) is 13.7 Å². The number of nitrogens with two attached hydrogens (primary N) is 3.